The predicted molar refractivity (Wildman–Crippen MR) is 66.8 cm³/mol. The molecule has 1 aromatic heterocycles. The quantitative estimate of drug-likeness (QED) is 0.801. The van der Waals surface area contributed by atoms with Crippen LogP contribution in [0, 0.1) is 9.39 Å². The lowest BCUT2D eigenvalue weighted by molar-refractivity contribution is 0.0635. The molecule has 0 spiro atoms. The highest BCUT2D eigenvalue weighted by atomic mass is 127. The van der Waals surface area contributed by atoms with Crippen molar-refractivity contribution in [1.82, 2.24) is 4.98 Å². The first-order valence-electron chi connectivity index (χ1n) is 4.59. The number of halogens is 2. The fourth-order valence-electron chi connectivity index (χ4n) is 0.907. The Bertz CT molecular complexity index is 404. The zero-order chi connectivity index (χ0) is 12.3. The number of anilines is 1. The Labute approximate surface area is 107 Å². The van der Waals surface area contributed by atoms with Gasteiger partial charge in [-0.3, -0.25) is 5.32 Å². The van der Waals surface area contributed by atoms with Gasteiger partial charge in [0.15, 0.2) is 0 Å². The molecular formula is C10H12FIN2O2. The number of pyridine rings is 1. The first-order chi connectivity index (χ1) is 7.28. The summed E-state index contributed by atoms with van der Waals surface area (Å²) in [7, 11) is 0. The van der Waals surface area contributed by atoms with Gasteiger partial charge in [0.1, 0.15) is 17.2 Å². The second-order valence-electron chi connectivity index (χ2n) is 4.11. The summed E-state index contributed by atoms with van der Waals surface area (Å²) in [5.41, 5.74) is -0.574. The third kappa shape index (κ3) is 4.30. The number of aromatic nitrogens is 1. The van der Waals surface area contributed by atoms with Crippen LogP contribution in [0.4, 0.5) is 15.0 Å². The smallest absolute Gasteiger partial charge is 0.413 e. The molecule has 1 amide bonds. The number of carbonyl (C=O) groups excluding carboxylic acids is 1. The molecule has 88 valence electrons. The van der Waals surface area contributed by atoms with Gasteiger partial charge in [-0.25, -0.2) is 14.2 Å². The van der Waals surface area contributed by atoms with Crippen LogP contribution in [-0.2, 0) is 4.74 Å². The van der Waals surface area contributed by atoms with Crippen LogP contribution in [0.5, 0.6) is 0 Å². The largest absolute Gasteiger partial charge is 0.444 e. The van der Waals surface area contributed by atoms with Crippen molar-refractivity contribution in [2.75, 3.05) is 5.32 Å². The Morgan fingerprint density at radius 3 is 2.69 bits per heavy atom. The van der Waals surface area contributed by atoms with E-state index in [1.165, 1.54) is 6.07 Å². The molecule has 0 radical (unpaired) electrons. The Hall–Kier alpha value is -0.920. The monoisotopic (exact) mass is 338 g/mol. The second-order valence-corrected chi connectivity index (χ2v) is 5.27. The summed E-state index contributed by atoms with van der Waals surface area (Å²) in [5.74, 6) is -0.157. The van der Waals surface area contributed by atoms with Crippen molar-refractivity contribution in [1.29, 1.82) is 0 Å². The number of nitrogens with one attached hydrogen (secondary N) is 1. The van der Waals surface area contributed by atoms with Crippen molar-refractivity contribution in [3.63, 3.8) is 0 Å². The number of nitrogens with zero attached hydrogens (tertiary/aromatic N) is 1. The van der Waals surface area contributed by atoms with E-state index in [1.807, 2.05) is 22.6 Å². The fraction of sp³-hybridized carbons (Fsp3) is 0.400. The molecule has 16 heavy (non-hydrogen) atoms. The minimum Gasteiger partial charge on any atom is -0.444 e. The molecule has 4 nitrogen and oxygen atoms in total. The van der Waals surface area contributed by atoms with E-state index in [9.17, 15) is 9.18 Å². The van der Waals surface area contributed by atoms with Gasteiger partial charge >= 0.3 is 6.09 Å². The number of amides is 1. The standard InChI is InChI=1S/C10H12FIN2O2/c1-10(2,3)16-9(15)14-8-7(12)4-6(11)5-13-8/h4-5H,1-3H3,(H,13,14,15). The normalized spacial score (nSPS) is 11.1. The molecule has 1 N–H and O–H groups in total. The summed E-state index contributed by atoms with van der Waals surface area (Å²) in [6.45, 7) is 5.28. The van der Waals surface area contributed by atoms with Gasteiger partial charge in [0.05, 0.1) is 9.77 Å². The third-order valence-electron chi connectivity index (χ3n) is 1.43. The summed E-state index contributed by atoms with van der Waals surface area (Å²) >= 11 is 1.88. The average Bonchev–Trinajstić information content (AvgIpc) is 2.06. The molecule has 0 aliphatic carbocycles. The highest BCUT2D eigenvalue weighted by Crippen LogP contribution is 2.17. The van der Waals surface area contributed by atoms with Gasteiger partial charge in [-0.2, -0.15) is 0 Å². The number of rotatable bonds is 1. The first kappa shape index (κ1) is 13.1. The molecule has 0 aliphatic rings. The maximum Gasteiger partial charge on any atom is 0.413 e. The van der Waals surface area contributed by atoms with E-state index in [-0.39, 0.29) is 5.82 Å². The minimum atomic E-state index is -0.607. The van der Waals surface area contributed by atoms with Crippen molar-refractivity contribution in [2.45, 2.75) is 26.4 Å². The van der Waals surface area contributed by atoms with E-state index in [4.69, 9.17) is 4.74 Å². The van der Waals surface area contributed by atoms with E-state index < -0.39 is 17.5 Å². The van der Waals surface area contributed by atoms with Gasteiger partial charge in [0.2, 0.25) is 0 Å². The van der Waals surface area contributed by atoms with Gasteiger partial charge in [-0.05, 0) is 49.4 Å². The van der Waals surface area contributed by atoms with Gasteiger partial charge in [0, 0.05) is 0 Å². The summed E-state index contributed by atoms with van der Waals surface area (Å²) in [6.07, 6.45) is 0.430. The van der Waals surface area contributed by atoms with Crippen LogP contribution in [-0.4, -0.2) is 16.7 Å². The maximum atomic E-state index is 12.7. The topological polar surface area (TPSA) is 51.2 Å². The van der Waals surface area contributed by atoms with Crippen LogP contribution < -0.4 is 5.32 Å². The highest BCUT2D eigenvalue weighted by Gasteiger charge is 2.17. The van der Waals surface area contributed by atoms with Crippen molar-refractivity contribution in [2.24, 2.45) is 0 Å². The van der Waals surface area contributed by atoms with Crippen molar-refractivity contribution in [3.8, 4) is 0 Å². The Morgan fingerprint density at radius 1 is 1.56 bits per heavy atom. The summed E-state index contributed by atoms with van der Waals surface area (Å²) in [5, 5.41) is 2.45. The minimum absolute atomic E-state index is 0.288. The lowest BCUT2D eigenvalue weighted by Gasteiger charge is -2.19. The van der Waals surface area contributed by atoms with E-state index in [0.717, 1.165) is 6.20 Å². The van der Waals surface area contributed by atoms with Crippen LogP contribution in [0.2, 0.25) is 0 Å². The Balaban J connectivity index is 2.70. The molecule has 0 unspecified atom stereocenters. The zero-order valence-corrected chi connectivity index (χ0v) is 11.3. The van der Waals surface area contributed by atoms with Gasteiger partial charge in [-0.15, -0.1) is 0 Å². The van der Waals surface area contributed by atoms with Crippen LogP contribution in [0.1, 0.15) is 20.8 Å². The molecule has 6 heteroatoms. The van der Waals surface area contributed by atoms with E-state index in [0.29, 0.717) is 3.57 Å². The summed E-state index contributed by atoms with van der Waals surface area (Å²) in [4.78, 5) is 15.1. The average molecular weight is 338 g/mol. The molecule has 0 aliphatic heterocycles. The highest BCUT2D eigenvalue weighted by molar-refractivity contribution is 14.1. The molecule has 1 rings (SSSR count). The second kappa shape index (κ2) is 4.94. The van der Waals surface area contributed by atoms with Crippen LogP contribution >= 0.6 is 22.6 Å². The van der Waals surface area contributed by atoms with Crippen molar-refractivity contribution < 1.29 is 13.9 Å². The molecule has 0 bridgehead atoms. The van der Waals surface area contributed by atoms with E-state index in [1.54, 1.807) is 20.8 Å². The lowest BCUT2D eigenvalue weighted by atomic mass is 10.2. The van der Waals surface area contributed by atoms with Crippen LogP contribution in [0.25, 0.3) is 0 Å². The molecule has 1 aromatic rings. The number of hydrogen-bond donors (Lipinski definition) is 1. The van der Waals surface area contributed by atoms with E-state index in [2.05, 4.69) is 10.3 Å². The van der Waals surface area contributed by atoms with Crippen molar-refractivity contribution in [3.05, 3.63) is 21.7 Å². The Kier molecular flexibility index (Phi) is 4.06. The van der Waals surface area contributed by atoms with Crippen LogP contribution in [0.3, 0.4) is 0 Å². The number of hydrogen-bond acceptors (Lipinski definition) is 3. The van der Waals surface area contributed by atoms with Gasteiger partial charge in [-0.1, -0.05) is 0 Å². The summed E-state index contributed by atoms with van der Waals surface area (Å²) < 4.78 is 18.3. The van der Waals surface area contributed by atoms with E-state index >= 15 is 0 Å². The molecule has 0 saturated carbocycles. The van der Waals surface area contributed by atoms with Gasteiger partial charge in [0.25, 0.3) is 0 Å². The Morgan fingerprint density at radius 2 is 2.19 bits per heavy atom. The SMILES string of the molecule is CC(C)(C)OC(=O)Nc1ncc(F)cc1I. The third-order valence-corrected chi connectivity index (χ3v) is 2.25. The van der Waals surface area contributed by atoms with Gasteiger partial charge < -0.3 is 4.74 Å². The molecule has 1 heterocycles. The first-order valence-corrected chi connectivity index (χ1v) is 5.67. The van der Waals surface area contributed by atoms with Crippen LogP contribution in [0.15, 0.2) is 12.3 Å². The lowest BCUT2D eigenvalue weighted by Crippen LogP contribution is -2.27. The fourth-order valence-corrected chi connectivity index (χ4v) is 1.48. The molecule has 0 saturated heterocycles. The number of carbonyl (C=O) groups is 1. The zero-order valence-electron chi connectivity index (χ0n) is 9.17. The van der Waals surface area contributed by atoms with Crippen molar-refractivity contribution >= 4 is 34.5 Å². The summed E-state index contributed by atoms with van der Waals surface area (Å²) in [6, 6.07) is 1.28. The molecular weight excluding hydrogens is 326 g/mol. The predicted octanol–water partition coefficient (Wildman–Crippen LogP) is 3.17. The number of ether oxygens (including phenoxy) is 1. The maximum absolute atomic E-state index is 12.7. The molecule has 0 atom stereocenters. The molecule has 0 fully saturated rings. The molecule has 0 aromatic carbocycles.